The van der Waals surface area contributed by atoms with Crippen LogP contribution in [0.4, 0.5) is 5.69 Å². The maximum atomic E-state index is 6.35. The molecule has 2 N–H and O–H groups in total. The number of aryl methyl sites for hydroxylation is 2. The minimum absolute atomic E-state index is 0.816. The number of anilines is 1. The first-order valence-corrected chi connectivity index (χ1v) is 6.60. The van der Waals surface area contributed by atoms with E-state index in [9.17, 15) is 0 Å². The van der Waals surface area contributed by atoms with Gasteiger partial charge in [-0.15, -0.1) is 0 Å². The molecule has 1 heterocycles. The van der Waals surface area contributed by atoms with Crippen molar-refractivity contribution in [1.82, 2.24) is 4.57 Å². The zero-order valence-corrected chi connectivity index (χ0v) is 12.0. The fourth-order valence-corrected chi connectivity index (χ4v) is 2.71. The van der Waals surface area contributed by atoms with Crippen LogP contribution >= 0.6 is 0 Å². The maximum Gasteiger partial charge on any atom is 0.120 e. The molecule has 0 radical (unpaired) electrons. The molecule has 0 aliphatic heterocycles. The molecule has 0 saturated carbocycles. The number of fused-ring (bicyclic) bond motifs is 1. The standard InChI is InChI=1S/C17H18N2O/c1-11-5-4-6-12(9-11)17-16(18)14-8-7-13(20-3)10-15(14)19(17)2/h4-10H,18H2,1-3H3. The molecule has 0 aliphatic carbocycles. The highest BCUT2D eigenvalue weighted by atomic mass is 16.5. The van der Waals surface area contributed by atoms with Crippen molar-refractivity contribution < 1.29 is 4.74 Å². The van der Waals surface area contributed by atoms with Gasteiger partial charge in [0, 0.05) is 24.1 Å². The van der Waals surface area contributed by atoms with Crippen molar-refractivity contribution in [2.75, 3.05) is 12.8 Å². The third-order valence-electron chi connectivity index (χ3n) is 3.74. The van der Waals surface area contributed by atoms with Crippen molar-refractivity contribution in [3.8, 4) is 17.0 Å². The van der Waals surface area contributed by atoms with Gasteiger partial charge in [-0.2, -0.15) is 0 Å². The maximum absolute atomic E-state index is 6.35. The lowest BCUT2D eigenvalue weighted by Crippen LogP contribution is -1.94. The predicted octanol–water partition coefficient (Wildman–Crippen LogP) is 3.74. The molecule has 2 aromatic carbocycles. The summed E-state index contributed by atoms with van der Waals surface area (Å²) in [5.41, 5.74) is 11.7. The van der Waals surface area contributed by atoms with E-state index in [4.69, 9.17) is 10.5 Å². The second kappa shape index (κ2) is 4.60. The van der Waals surface area contributed by atoms with Crippen LogP contribution in [-0.2, 0) is 7.05 Å². The summed E-state index contributed by atoms with van der Waals surface area (Å²) in [6.07, 6.45) is 0. The predicted molar refractivity (Wildman–Crippen MR) is 84.1 cm³/mol. The molecule has 0 saturated heterocycles. The quantitative estimate of drug-likeness (QED) is 0.767. The summed E-state index contributed by atoms with van der Waals surface area (Å²) in [6.45, 7) is 2.09. The molecule has 20 heavy (non-hydrogen) atoms. The Morgan fingerprint density at radius 2 is 1.90 bits per heavy atom. The lowest BCUT2D eigenvalue weighted by atomic mass is 10.1. The van der Waals surface area contributed by atoms with Crippen LogP contribution in [0, 0.1) is 6.92 Å². The Morgan fingerprint density at radius 3 is 2.60 bits per heavy atom. The van der Waals surface area contributed by atoms with Crippen LogP contribution in [0.15, 0.2) is 42.5 Å². The third kappa shape index (κ3) is 1.83. The number of methoxy groups -OCH3 is 1. The Morgan fingerprint density at radius 1 is 1.10 bits per heavy atom. The number of nitrogen functional groups attached to an aromatic ring is 1. The van der Waals surface area contributed by atoms with E-state index in [1.165, 1.54) is 5.56 Å². The van der Waals surface area contributed by atoms with Crippen LogP contribution in [0.1, 0.15) is 5.56 Å². The van der Waals surface area contributed by atoms with E-state index in [1.807, 2.05) is 25.2 Å². The van der Waals surface area contributed by atoms with Crippen molar-refractivity contribution in [2.45, 2.75) is 6.92 Å². The van der Waals surface area contributed by atoms with Crippen LogP contribution in [0.25, 0.3) is 22.2 Å². The van der Waals surface area contributed by atoms with E-state index in [0.717, 1.165) is 33.6 Å². The number of benzene rings is 2. The molecule has 0 atom stereocenters. The van der Waals surface area contributed by atoms with Gasteiger partial charge >= 0.3 is 0 Å². The number of hydrogen-bond donors (Lipinski definition) is 1. The van der Waals surface area contributed by atoms with Gasteiger partial charge in [0.15, 0.2) is 0 Å². The second-order valence-corrected chi connectivity index (χ2v) is 5.07. The van der Waals surface area contributed by atoms with Crippen molar-refractivity contribution in [1.29, 1.82) is 0 Å². The van der Waals surface area contributed by atoms with Crippen LogP contribution in [0.2, 0.25) is 0 Å². The fourth-order valence-electron chi connectivity index (χ4n) is 2.71. The van der Waals surface area contributed by atoms with Crippen molar-refractivity contribution in [2.24, 2.45) is 7.05 Å². The highest BCUT2D eigenvalue weighted by Gasteiger charge is 2.14. The average molecular weight is 266 g/mol. The number of ether oxygens (including phenoxy) is 1. The van der Waals surface area contributed by atoms with E-state index in [2.05, 4.69) is 35.8 Å². The normalized spacial score (nSPS) is 10.9. The highest BCUT2D eigenvalue weighted by molar-refractivity contribution is 6.01. The molecular weight excluding hydrogens is 248 g/mol. The Bertz CT molecular complexity index is 787. The van der Waals surface area contributed by atoms with Gasteiger partial charge in [0.1, 0.15) is 5.75 Å². The molecule has 1 aromatic heterocycles. The third-order valence-corrected chi connectivity index (χ3v) is 3.74. The average Bonchev–Trinajstić information content (AvgIpc) is 2.70. The number of nitrogens with two attached hydrogens (primary N) is 1. The van der Waals surface area contributed by atoms with E-state index >= 15 is 0 Å². The Balaban J connectivity index is 2.31. The highest BCUT2D eigenvalue weighted by Crippen LogP contribution is 2.36. The number of hydrogen-bond acceptors (Lipinski definition) is 2. The molecule has 0 aliphatic rings. The van der Waals surface area contributed by atoms with Crippen molar-refractivity contribution in [3.63, 3.8) is 0 Å². The molecule has 0 spiro atoms. The van der Waals surface area contributed by atoms with E-state index in [-0.39, 0.29) is 0 Å². The summed E-state index contributed by atoms with van der Waals surface area (Å²) in [7, 11) is 3.71. The number of rotatable bonds is 2. The summed E-state index contributed by atoms with van der Waals surface area (Å²) in [6, 6.07) is 14.4. The molecule has 3 aromatic rings. The van der Waals surface area contributed by atoms with Gasteiger partial charge in [-0.05, 0) is 25.1 Å². The van der Waals surface area contributed by atoms with E-state index in [1.54, 1.807) is 7.11 Å². The minimum Gasteiger partial charge on any atom is -0.497 e. The fraction of sp³-hybridized carbons (Fsp3) is 0.176. The lowest BCUT2D eigenvalue weighted by molar-refractivity contribution is 0.415. The molecule has 102 valence electrons. The van der Waals surface area contributed by atoms with Gasteiger partial charge in [0.05, 0.1) is 24.0 Å². The Kier molecular flexibility index (Phi) is 2.90. The summed E-state index contributed by atoms with van der Waals surface area (Å²) >= 11 is 0. The number of aromatic nitrogens is 1. The summed E-state index contributed by atoms with van der Waals surface area (Å²) in [4.78, 5) is 0. The number of nitrogens with zero attached hydrogens (tertiary/aromatic N) is 1. The first-order valence-electron chi connectivity index (χ1n) is 6.60. The zero-order valence-electron chi connectivity index (χ0n) is 12.0. The zero-order chi connectivity index (χ0) is 14.3. The van der Waals surface area contributed by atoms with Gasteiger partial charge in [0.25, 0.3) is 0 Å². The van der Waals surface area contributed by atoms with Crippen LogP contribution in [0.3, 0.4) is 0 Å². The summed E-state index contributed by atoms with van der Waals surface area (Å²) in [5, 5.41) is 1.06. The monoisotopic (exact) mass is 266 g/mol. The summed E-state index contributed by atoms with van der Waals surface area (Å²) in [5.74, 6) is 0.842. The summed E-state index contributed by atoms with van der Waals surface area (Å²) < 4.78 is 7.42. The molecule has 0 fully saturated rings. The Labute approximate surface area is 118 Å². The minimum atomic E-state index is 0.816. The van der Waals surface area contributed by atoms with Gasteiger partial charge in [0.2, 0.25) is 0 Å². The van der Waals surface area contributed by atoms with Crippen molar-refractivity contribution in [3.05, 3.63) is 48.0 Å². The molecule has 0 amide bonds. The van der Waals surface area contributed by atoms with Crippen LogP contribution in [0.5, 0.6) is 5.75 Å². The molecule has 3 nitrogen and oxygen atoms in total. The molecule has 3 rings (SSSR count). The van der Waals surface area contributed by atoms with Gasteiger partial charge in [-0.3, -0.25) is 0 Å². The lowest BCUT2D eigenvalue weighted by Gasteiger charge is -2.07. The molecule has 3 heteroatoms. The van der Waals surface area contributed by atoms with E-state index in [0.29, 0.717) is 0 Å². The van der Waals surface area contributed by atoms with Gasteiger partial charge in [-0.25, -0.2) is 0 Å². The van der Waals surface area contributed by atoms with Crippen molar-refractivity contribution >= 4 is 16.6 Å². The smallest absolute Gasteiger partial charge is 0.120 e. The van der Waals surface area contributed by atoms with Gasteiger partial charge in [-0.1, -0.05) is 23.8 Å². The largest absolute Gasteiger partial charge is 0.497 e. The van der Waals surface area contributed by atoms with E-state index < -0.39 is 0 Å². The topological polar surface area (TPSA) is 40.2 Å². The molecular formula is C17H18N2O. The van der Waals surface area contributed by atoms with Gasteiger partial charge < -0.3 is 15.0 Å². The van der Waals surface area contributed by atoms with Crippen LogP contribution in [-0.4, -0.2) is 11.7 Å². The first kappa shape index (κ1) is 12.6. The Hall–Kier alpha value is -2.42. The molecule has 0 unspecified atom stereocenters. The second-order valence-electron chi connectivity index (χ2n) is 5.07. The first-order chi connectivity index (χ1) is 9.61. The SMILES string of the molecule is COc1ccc2c(N)c(-c3cccc(C)c3)n(C)c2c1. The molecule has 0 bridgehead atoms. The van der Waals surface area contributed by atoms with Crippen LogP contribution < -0.4 is 10.5 Å².